The zero-order chi connectivity index (χ0) is 15.3. The summed E-state index contributed by atoms with van der Waals surface area (Å²) < 4.78 is 0. The lowest BCUT2D eigenvalue weighted by Gasteiger charge is -2.20. The summed E-state index contributed by atoms with van der Waals surface area (Å²) in [6.45, 7) is 6.71. The average molecular weight is 282 g/mol. The van der Waals surface area contributed by atoms with Gasteiger partial charge in [0.25, 0.3) is 0 Å². The lowest BCUT2D eigenvalue weighted by molar-refractivity contribution is 0.522. The second-order valence-electron chi connectivity index (χ2n) is 6.70. The molecule has 0 aliphatic heterocycles. The molecule has 112 valence electrons. The van der Waals surface area contributed by atoms with Crippen LogP contribution in [0.1, 0.15) is 37.5 Å². The summed E-state index contributed by atoms with van der Waals surface area (Å²) in [7, 11) is 0. The highest BCUT2D eigenvalue weighted by molar-refractivity contribution is 5.28. The van der Waals surface area contributed by atoms with E-state index in [2.05, 4.69) is 74.7 Å². The third-order valence-corrected chi connectivity index (χ3v) is 3.86. The van der Waals surface area contributed by atoms with E-state index < -0.39 is 0 Å². The van der Waals surface area contributed by atoms with Gasteiger partial charge in [0.2, 0.25) is 0 Å². The Morgan fingerprint density at radius 2 is 1.38 bits per heavy atom. The van der Waals surface area contributed by atoms with Gasteiger partial charge in [-0.05, 0) is 34.9 Å². The van der Waals surface area contributed by atoms with Gasteiger partial charge >= 0.3 is 0 Å². The van der Waals surface area contributed by atoms with E-state index in [0.717, 1.165) is 12.8 Å². The van der Waals surface area contributed by atoms with Gasteiger partial charge in [-0.3, -0.25) is 11.3 Å². The van der Waals surface area contributed by atoms with E-state index in [9.17, 15) is 0 Å². The molecule has 1 unspecified atom stereocenters. The lowest BCUT2D eigenvalue weighted by atomic mass is 9.86. The fourth-order valence-electron chi connectivity index (χ4n) is 2.51. The number of rotatable bonds is 5. The van der Waals surface area contributed by atoms with Gasteiger partial charge in [-0.15, -0.1) is 0 Å². The van der Waals surface area contributed by atoms with E-state index in [-0.39, 0.29) is 11.5 Å². The van der Waals surface area contributed by atoms with Crippen LogP contribution in [0.25, 0.3) is 0 Å². The Kier molecular flexibility index (Phi) is 5.16. The van der Waals surface area contributed by atoms with Gasteiger partial charge in [-0.2, -0.15) is 0 Å². The van der Waals surface area contributed by atoms with Crippen molar-refractivity contribution in [3.8, 4) is 0 Å². The first-order valence-corrected chi connectivity index (χ1v) is 7.58. The molecule has 0 saturated carbocycles. The van der Waals surface area contributed by atoms with Gasteiger partial charge in [0.05, 0.1) is 0 Å². The van der Waals surface area contributed by atoms with Crippen molar-refractivity contribution < 1.29 is 0 Å². The predicted molar refractivity (Wildman–Crippen MR) is 90.1 cm³/mol. The Bertz CT molecular complexity index is 538. The van der Waals surface area contributed by atoms with Crippen molar-refractivity contribution in [2.45, 2.75) is 45.1 Å². The van der Waals surface area contributed by atoms with Crippen LogP contribution < -0.4 is 11.3 Å². The summed E-state index contributed by atoms with van der Waals surface area (Å²) in [6, 6.07) is 19.6. The molecule has 0 spiro atoms. The number of nitrogens with two attached hydrogens (primary N) is 1. The van der Waals surface area contributed by atoms with Crippen LogP contribution in [0.2, 0.25) is 0 Å². The van der Waals surface area contributed by atoms with E-state index in [1.807, 2.05) is 6.07 Å². The molecule has 0 aromatic heterocycles. The molecule has 2 heteroatoms. The minimum Gasteiger partial charge on any atom is -0.271 e. The number of hydrazine groups is 1. The molecule has 0 amide bonds. The highest BCUT2D eigenvalue weighted by Crippen LogP contribution is 2.22. The van der Waals surface area contributed by atoms with Crippen LogP contribution >= 0.6 is 0 Å². The second-order valence-corrected chi connectivity index (χ2v) is 6.70. The van der Waals surface area contributed by atoms with E-state index >= 15 is 0 Å². The molecule has 0 fully saturated rings. The topological polar surface area (TPSA) is 38.0 Å². The fourth-order valence-corrected chi connectivity index (χ4v) is 2.51. The first-order chi connectivity index (χ1) is 9.99. The molecule has 0 radical (unpaired) electrons. The zero-order valence-corrected chi connectivity index (χ0v) is 13.3. The SMILES string of the molecule is CC(C)(C)c1ccc(CC(Cc2ccccc2)NN)cc1. The van der Waals surface area contributed by atoms with Crippen molar-refractivity contribution in [3.05, 3.63) is 71.3 Å². The first kappa shape index (κ1) is 15.7. The quantitative estimate of drug-likeness (QED) is 0.649. The van der Waals surface area contributed by atoms with Crippen molar-refractivity contribution in [3.63, 3.8) is 0 Å². The summed E-state index contributed by atoms with van der Waals surface area (Å²) in [6.07, 6.45) is 1.88. The van der Waals surface area contributed by atoms with Crippen LogP contribution in [0.3, 0.4) is 0 Å². The third kappa shape index (κ3) is 4.69. The Labute approximate surface area is 128 Å². The van der Waals surface area contributed by atoms with Crippen LogP contribution in [-0.4, -0.2) is 6.04 Å². The highest BCUT2D eigenvalue weighted by Gasteiger charge is 2.14. The molecule has 0 aliphatic carbocycles. The van der Waals surface area contributed by atoms with Crippen molar-refractivity contribution in [1.82, 2.24) is 5.43 Å². The van der Waals surface area contributed by atoms with Crippen LogP contribution in [0.4, 0.5) is 0 Å². The van der Waals surface area contributed by atoms with E-state index in [0.29, 0.717) is 0 Å². The Balaban J connectivity index is 2.02. The maximum Gasteiger partial charge on any atom is 0.0291 e. The minimum atomic E-state index is 0.202. The maximum absolute atomic E-state index is 5.72. The summed E-state index contributed by atoms with van der Waals surface area (Å²) in [4.78, 5) is 0. The van der Waals surface area contributed by atoms with Crippen LogP contribution in [-0.2, 0) is 18.3 Å². The van der Waals surface area contributed by atoms with Gasteiger partial charge in [0.15, 0.2) is 0 Å². The Morgan fingerprint density at radius 1 is 0.857 bits per heavy atom. The molecule has 3 N–H and O–H groups in total. The molecule has 0 bridgehead atoms. The van der Waals surface area contributed by atoms with Gasteiger partial charge in [-0.25, -0.2) is 0 Å². The van der Waals surface area contributed by atoms with Gasteiger partial charge < -0.3 is 0 Å². The van der Waals surface area contributed by atoms with Crippen LogP contribution in [0, 0.1) is 0 Å². The number of nitrogens with one attached hydrogen (secondary N) is 1. The van der Waals surface area contributed by atoms with Crippen molar-refractivity contribution in [1.29, 1.82) is 0 Å². The molecule has 0 saturated heterocycles. The molecular formula is C19H26N2. The summed E-state index contributed by atoms with van der Waals surface area (Å²) >= 11 is 0. The molecule has 2 rings (SSSR count). The number of benzene rings is 2. The molecule has 0 heterocycles. The Morgan fingerprint density at radius 3 is 1.86 bits per heavy atom. The van der Waals surface area contributed by atoms with E-state index in [1.54, 1.807) is 0 Å². The minimum absolute atomic E-state index is 0.202. The maximum atomic E-state index is 5.72. The standard InChI is InChI=1S/C19H26N2/c1-19(2,3)17-11-9-16(10-12-17)14-18(21-20)13-15-7-5-4-6-8-15/h4-12,18,21H,13-14,20H2,1-3H3. The predicted octanol–water partition coefficient (Wildman–Crippen LogP) is 3.60. The number of hydrogen-bond donors (Lipinski definition) is 2. The summed E-state index contributed by atoms with van der Waals surface area (Å²) in [5, 5.41) is 0. The average Bonchev–Trinajstić information content (AvgIpc) is 2.47. The van der Waals surface area contributed by atoms with Gasteiger partial charge in [0, 0.05) is 6.04 Å². The fraction of sp³-hybridized carbons (Fsp3) is 0.368. The second kappa shape index (κ2) is 6.88. The zero-order valence-electron chi connectivity index (χ0n) is 13.3. The third-order valence-electron chi connectivity index (χ3n) is 3.86. The summed E-state index contributed by atoms with van der Waals surface area (Å²) in [5.74, 6) is 5.72. The van der Waals surface area contributed by atoms with Crippen LogP contribution in [0.5, 0.6) is 0 Å². The van der Waals surface area contributed by atoms with Gasteiger partial charge in [0.1, 0.15) is 0 Å². The van der Waals surface area contributed by atoms with Crippen molar-refractivity contribution in [2.75, 3.05) is 0 Å². The molecule has 2 aromatic rings. The highest BCUT2D eigenvalue weighted by atomic mass is 15.2. The van der Waals surface area contributed by atoms with Crippen molar-refractivity contribution >= 4 is 0 Å². The van der Waals surface area contributed by atoms with Crippen LogP contribution in [0.15, 0.2) is 54.6 Å². The normalized spacial score (nSPS) is 13.1. The monoisotopic (exact) mass is 282 g/mol. The van der Waals surface area contributed by atoms with E-state index in [4.69, 9.17) is 5.84 Å². The molecule has 0 aliphatic rings. The van der Waals surface area contributed by atoms with Gasteiger partial charge in [-0.1, -0.05) is 75.4 Å². The van der Waals surface area contributed by atoms with E-state index in [1.165, 1.54) is 16.7 Å². The Hall–Kier alpha value is -1.64. The summed E-state index contributed by atoms with van der Waals surface area (Å²) in [5.41, 5.74) is 7.15. The largest absolute Gasteiger partial charge is 0.271 e. The molecule has 2 nitrogen and oxygen atoms in total. The molecule has 2 aromatic carbocycles. The lowest BCUT2D eigenvalue weighted by Crippen LogP contribution is -2.38. The van der Waals surface area contributed by atoms with Crippen molar-refractivity contribution in [2.24, 2.45) is 5.84 Å². The number of hydrogen-bond acceptors (Lipinski definition) is 2. The molecular weight excluding hydrogens is 256 g/mol. The smallest absolute Gasteiger partial charge is 0.0291 e. The first-order valence-electron chi connectivity index (χ1n) is 7.58. The molecule has 1 atom stereocenters. The molecule has 21 heavy (non-hydrogen) atoms.